The molecule has 1 aromatic heterocycles. The minimum atomic E-state index is -3.95. The Balaban J connectivity index is 0.00000289. The summed E-state index contributed by atoms with van der Waals surface area (Å²) in [5.74, 6) is 1.88. The maximum Gasteiger partial charge on any atom is 0.374 e. The van der Waals surface area contributed by atoms with E-state index in [0.29, 0.717) is 31.2 Å². The lowest BCUT2D eigenvalue weighted by Gasteiger charge is -2.01. The number of nitrogens with zero attached hydrogens (tertiary/aromatic N) is 1. The molecule has 0 fully saturated rings. The number of benzene rings is 2. The quantitative estimate of drug-likeness (QED) is 0.292. The van der Waals surface area contributed by atoms with Gasteiger partial charge in [-0.3, -0.25) is 4.55 Å². The first-order valence-corrected chi connectivity index (χ1v) is 11.9. The molecule has 0 saturated heterocycles. The molecule has 32 heavy (non-hydrogen) atoms. The first-order chi connectivity index (χ1) is 14.9. The number of aromatic nitrogens is 1. The van der Waals surface area contributed by atoms with E-state index in [1.165, 1.54) is 0 Å². The molecule has 170 valence electrons. The molecular weight excluding hydrogens is 432 g/mol. The third kappa shape index (κ3) is 5.56. The molecule has 0 unspecified atom stereocenters. The van der Waals surface area contributed by atoms with Crippen molar-refractivity contribution in [2.45, 2.75) is 32.7 Å². The van der Waals surface area contributed by atoms with Crippen LogP contribution in [0.3, 0.4) is 0 Å². The molecule has 0 atom stereocenters. The van der Waals surface area contributed by atoms with Crippen molar-refractivity contribution in [3.8, 4) is 5.75 Å². The molecule has 3 N–H and O–H groups in total. The van der Waals surface area contributed by atoms with E-state index in [0.717, 1.165) is 34.5 Å². The molecule has 9 heteroatoms. The number of hydrogen-bond donors (Lipinski definition) is 2. The highest BCUT2D eigenvalue weighted by molar-refractivity contribution is 7.85. The van der Waals surface area contributed by atoms with E-state index in [1.54, 1.807) is 0 Å². The molecule has 2 heterocycles. The molecule has 0 amide bonds. The van der Waals surface area contributed by atoms with Gasteiger partial charge < -0.3 is 19.9 Å². The normalized spacial score (nSPS) is 14.7. The third-order valence-electron chi connectivity index (χ3n) is 5.07. The van der Waals surface area contributed by atoms with E-state index in [2.05, 4.69) is 12.2 Å². The number of para-hydroxylation sites is 4. The second-order valence-corrected chi connectivity index (χ2v) is 8.93. The highest BCUT2D eigenvalue weighted by Crippen LogP contribution is 2.33. The number of ether oxygens (including phenoxy) is 1. The summed E-state index contributed by atoms with van der Waals surface area (Å²) in [4.78, 5) is 0. The predicted molar refractivity (Wildman–Crippen MR) is 121 cm³/mol. The fourth-order valence-electron chi connectivity index (χ4n) is 3.52. The third-order valence-corrected chi connectivity index (χ3v) is 5.87. The van der Waals surface area contributed by atoms with Gasteiger partial charge in [0.15, 0.2) is 18.2 Å². The van der Waals surface area contributed by atoms with E-state index in [1.807, 2.05) is 65.3 Å². The van der Waals surface area contributed by atoms with Crippen LogP contribution in [0.4, 0.5) is 5.69 Å². The lowest BCUT2D eigenvalue weighted by Crippen LogP contribution is -2.35. The summed E-state index contributed by atoms with van der Waals surface area (Å²) in [6.07, 6.45) is 5.66. The van der Waals surface area contributed by atoms with Gasteiger partial charge in [0.25, 0.3) is 15.6 Å². The Morgan fingerprint density at radius 1 is 1.12 bits per heavy atom. The number of fused-ring (bicyclic) bond motifs is 2. The van der Waals surface area contributed by atoms with Gasteiger partial charge in [0, 0.05) is 18.6 Å². The van der Waals surface area contributed by atoms with Crippen molar-refractivity contribution >= 4 is 33.0 Å². The maximum atomic E-state index is 11.0. The number of rotatable bonds is 8. The van der Waals surface area contributed by atoms with Crippen LogP contribution in [-0.2, 0) is 16.7 Å². The molecule has 8 nitrogen and oxygen atoms in total. The molecule has 1 aliphatic rings. The summed E-state index contributed by atoms with van der Waals surface area (Å²) >= 11 is 0. The fourth-order valence-corrected chi connectivity index (χ4v) is 4.09. The smallest absolute Gasteiger partial charge is 0.374 e. The van der Waals surface area contributed by atoms with Crippen LogP contribution in [0.15, 0.2) is 70.5 Å². The van der Waals surface area contributed by atoms with E-state index in [9.17, 15) is 8.42 Å². The molecule has 0 radical (unpaired) electrons. The summed E-state index contributed by atoms with van der Waals surface area (Å²) in [5, 5.41) is 3.26. The number of allylic oxidation sites excluding steroid dienone is 2. The Kier molecular flexibility index (Phi) is 7.34. The first kappa shape index (κ1) is 23.5. The average Bonchev–Trinajstić information content (AvgIpc) is 3.30. The molecule has 4 rings (SSSR count). The Labute approximate surface area is 186 Å². The van der Waals surface area contributed by atoms with Crippen molar-refractivity contribution in [1.82, 2.24) is 0 Å². The van der Waals surface area contributed by atoms with Crippen molar-refractivity contribution in [1.29, 1.82) is 0 Å². The molecule has 3 aromatic rings. The fraction of sp³-hybridized carbons (Fsp3) is 0.261. The van der Waals surface area contributed by atoms with Crippen molar-refractivity contribution in [3.63, 3.8) is 0 Å². The van der Waals surface area contributed by atoms with Crippen molar-refractivity contribution in [2.75, 3.05) is 11.1 Å². The van der Waals surface area contributed by atoms with E-state index in [-0.39, 0.29) is 11.2 Å². The molecular formula is C23H26N2O6S. The average molecular weight is 459 g/mol. The summed E-state index contributed by atoms with van der Waals surface area (Å²) < 4.78 is 45.0. The summed E-state index contributed by atoms with van der Waals surface area (Å²) in [6.45, 7) is 2.64. The van der Waals surface area contributed by atoms with Crippen LogP contribution >= 0.6 is 0 Å². The Bertz CT molecular complexity index is 1230. The van der Waals surface area contributed by atoms with Crippen LogP contribution in [0.2, 0.25) is 0 Å². The SMILES string of the molecule is CCC(=Cc1oc2ccccc2[n+]1CCCCS(=O)(=O)O)C=C1Nc2ccccc2O1.[OH-]. The highest BCUT2D eigenvalue weighted by atomic mass is 32.2. The van der Waals surface area contributed by atoms with E-state index >= 15 is 0 Å². The van der Waals surface area contributed by atoms with Gasteiger partial charge in [0.05, 0.1) is 17.5 Å². The van der Waals surface area contributed by atoms with Crippen molar-refractivity contribution in [2.24, 2.45) is 0 Å². The molecule has 1 aliphatic heterocycles. The van der Waals surface area contributed by atoms with Crippen LogP contribution in [-0.4, -0.2) is 24.2 Å². The maximum absolute atomic E-state index is 11.0. The highest BCUT2D eigenvalue weighted by Gasteiger charge is 2.22. The van der Waals surface area contributed by atoms with Crippen LogP contribution in [0.1, 0.15) is 32.1 Å². The first-order valence-electron chi connectivity index (χ1n) is 10.3. The van der Waals surface area contributed by atoms with Gasteiger partial charge in [0.2, 0.25) is 5.58 Å². The zero-order valence-electron chi connectivity index (χ0n) is 17.7. The monoisotopic (exact) mass is 458 g/mol. The number of aryl methyl sites for hydroxylation is 1. The molecule has 0 spiro atoms. The van der Waals surface area contributed by atoms with Gasteiger partial charge in [0.1, 0.15) is 0 Å². The largest absolute Gasteiger partial charge is 0.870 e. The predicted octanol–water partition coefficient (Wildman–Crippen LogP) is 4.35. The van der Waals surface area contributed by atoms with Crippen LogP contribution in [0.5, 0.6) is 5.75 Å². The van der Waals surface area contributed by atoms with E-state index in [4.69, 9.17) is 13.7 Å². The Hall–Kier alpha value is -3.14. The number of unbranched alkanes of at least 4 members (excludes halogenated alkanes) is 1. The minimum Gasteiger partial charge on any atom is -0.870 e. The van der Waals surface area contributed by atoms with Crippen LogP contribution in [0, 0.1) is 0 Å². The number of oxazole rings is 1. The van der Waals surface area contributed by atoms with Crippen molar-refractivity contribution in [3.05, 3.63) is 72.0 Å². The van der Waals surface area contributed by atoms with Gasteiger partial charge in [-0.2, -0.15) is 13.0 Å². The van der Waals surface area contributed by atoms with Gasteiger partial charge in [-0.15, -0.1) is 0 Å². The second kappa shape index (κ2) is 9.99. The number of hydrogen-bond acceptors (Lipinski definition) is 6. The molecule has 0 saturated carbocycles. The lowest BCUT2D eigenvalue weighted by atomic mass is 10.2. The van der Waals surface area contributed by atoms with Gasteiger partial charge >= 0.3 is 5.89 Å². The minimum absolute atomic E-state index is 0. The summed E-state index contributed by atoms with van der Waals surface area (Å²) in [5.41, 5.74) is 3.64. The Morgan fingerprint density at radius 2 is 1.88 bits per heavy atom. The molecule has 2 aromatic carbocycles. The lowest BCUT2D eigenvalue weighted by molar-refractivity contribution is -0.678. The standard InChI is InChI=1S/C23H24N2O5S.H2O/c1-2-17(15-22-24-18-9-3-5-11-20(18)29-22)16-23-25(13-7-8-14-31(26,27)28)19-10-4-6-12-21(19)30-23;/h3-6,9-12,15-16H,2,7-8,13-14H2,1H3,(H,26,27,28);1H2. The van der Waals surface area contributed by atoms with Gasteiger partial charge in [-0.05, 0) is 36.6 Å². The summed E-state index contributed by atoms with van der Waals surface area (Å²) in [7, 11) is -3.95. The van der Waals surface area contributed by atoms with Crippen molar-refractivity contribution < 1.29 is 32.2 Å². The number of nitrogens with one attached hydrogen (secondary N) is 1. The van der Waals surface area contributed by atoms with E-state index < -0.39 is 10.1 Å². The molecule has 0 bridgehead atoms. The zero-order chi connectivity index (χ0) is 21.8. The zero-order valence-corrected chi connectivity index (χ0v) is 18.5. The Morgan fingerprint density at radius 3 is 2.62 bits per heavy atom. The van der Waals surface area contributed by atoms with Crippen LogP contribution < -0.4 is 14.6 Å². The van der Waals surface area contributed by atoms with Gasteiger partial charge in [-0.1, -0.05) is 31.2 Å². The van der Waals surface area contributed by atoms with Crippen LogP contribution in [0.25, 0.3) is 17.2 Å². The van der Waals surface area contributed by atoms with Gasteiger partial charge in [-0.25, -0.2) is 0 Å². The summed E-state index contributed by atoms with van der Waals surface area (Å²) in [6, 6.07) is 15.5. The number of anilines is 1. The topological polar surface area (TPSA) is 123 Å². The molecule has 0 aliphatic carbocycles. The second-order valence-electron chi connectivity index (χ2n) is 7.36.